The average Bonchev–Trinajstić information content (AvgIpc) is 3.24. The number of benzene rings is 1. The number of methoxy groups -OCH3 is 2. The van der Waals surface area contributed by atoms with Crippen LogP contribution in [-0.2, 0) is 25.5 Å². The minimum atomic E-state index is -0.838. The third-order valence-electron chi connectivity index (χ3n) is 7.37. The maximum atomic E-state index is 13.5. The summed E-state index contributed by atoms with van der Waals surface area (Å²) in [6.45, 7) is 2.86. The number of amides is 1. The standard InChI is InChI=1S/C28H37NO6S/c1-20-9-7-5-4-6-8-10-23-17-28(15-16-34-23,35-26(30)25(20)33-3)24-19-36-27(31)29(24)18-21-11-13-22(32-2)14-12-21/h4-5,11-14,23-24H,6-10,15-19H2,1-3H3/t23-,24?,28-/m1/s1. The highest BCUT2D eigenvalue weighted by molar-refractivity contribution is 8.13. The molecule has 4 rings (SSSR count). The van der Waals surface area contributed by atoms with Gasteiger partial charge in [0.1, 0.15) is 11.4 Å². The maximum Gasteiger partial charge on any atom is 0.374 e. The van der Waals surface area contributed by atoms with Crippen LogP contribution in [0.3, 0.4) is 0 Å². The first kappa shape index (κ1) is 26.6. The van der Waals surface area contributed by atoms with Gasteiger partial charge in [0.2, 0.25) is 5.76 Å². The summed E-state index contributed by atoms with van der Waals surface area (Å²) in [5.74, 6) is 1.15. The quantitative estimate of drug-likeness (QED) is 0.371. The van der Waals surface area contributed by atoms with E-state index >= 15 is 0 Å². The lowest BCUT2D eigenvalue weighted by molar-refractivity contribution is -0.185. The van der Waals surface area contributed by atoms with Crippen molar-refractivity contribution in [2.45, 2.75) is 76.2 Å². The molecule has 0 aliphatic carbocycles. The van der Waals surface area contributed by atoms with Gasteiger partial charge in [0.15, 0.2) is 0 Å². The number of ether oxygens (including phenoxy) is 4. The van der Waals surface area contributed by atoms with E-state index in [0.29, 0.717) is 31.7 Å². The molecule has 8 heteroatoms. The molecule has 1 aromatic rings. The van der Waals surface area contributed by atoms with Crippen LogP contribution in [0.1, 0.15) is 57.4 Å². The van der Waals surface area contributed by atoms with Gasteiger partial charge in [-0.05, 0) is 62.3 Å². The Morgan fingerprint density at radius 3 is 2.64 bits per heavy atom. The van der Waals surface area contributed by atoms with Gasteiger partial charge in [0.25, 0.3) is 5.24 Å². The number of allylic oxidation sites excluding steroid dienone is 3. The Morgan fingerprint density at radius 1 is 1.11 bits per heavy atom. The molecule has 3 aliphatic rings. The Balaban J connectivity index is 1.66. The van der Waals surface area contributed by atoms with Gasteiger partial charge in [-0.1, -0.05) is 36.0 Å². The van der Waals surface area contributed by atoms with Crippen molar-refractivity contribution in [3.05, 3.63) is 53.3 Å². The molecule has 2 fully saturated rings. The fraction of sp³-hybridized carbons (Fsp3) is 0.571. The topological polar surface area (TPSA) is 74.3 Å². The predicted molar refractivity (Wildman–Crippen MR) is 140 cm³/mol. The zero-order chi connectivity index (χ0) is 25.5. The lowest BCUT2D eigenvalue weighted by Gasteiger charge is -2.46. The molecular weight excluding hydrogens is 478 g/mol. The number of esters is 1. The van der Waals surface area contributed by atoms with Crippen molar-refractivity contribution < 1.29 is 28.5 Å². The molecule has 3 atom stereocenters. The number of hydrogen-bond donors (Lipinski definition) is 0. The number of fused-ring (bicyclic) bond motifs is 2. The Labute approximate surface area is 218 Å². The molecule has 0 radical (unpaired) electrons. The van der Waals surface area contributed by atoms with Crippen molar-refractivity contribution in [3.63, 3.8) is 0 Å². The third-order valence-corrected chi connectivity index (χ3v) is 8.33. The van der Waals surface area contributed by atoms with Gasteiger partial charge >= 0.3 is 5.97 Å². The number of carbonyl (C=O) groups excluding carboxylic acids is 2. The second-order valence-corrected chi connectivity index (χ2v) is 10.7. The fourth-order valence-corrected chi connectivity index (χ4v) is 6.50. The molecule has 196 valence electrons. The summed E-state index contributed by atoms with van der Waals surface area (Å²) in [4.78, 5) is 28.5. The molecule has 3 heterocycles. The molecule has 0 spiro atoms. The second kappa shape index (κ2) is 12.2. The van der Waals surface area contributed by atoms with E-state index in [2.05, 4.69) is 12.2 Å². The Morgan fingerprint density at radius 2 is 1.89 bits per heavy atom. The van der Waals surface area contributed by atoms with Crippen molar-refractivity contribution in [2.75, 3.05) is 26.6 Å². The Hall–Kier alpha value is -2.45. The van der Waals surface area contributed by atoms with Gasteiger partial charge in [0, 0.05) is 25.1 Å². The van der Waals surface area contributed by atoms with E-state index in [0.717, 1.165) is 49.0 Å². The van der Waals surface area contributed by atoms with Crippen molar-refractivity contribution in [1.29, 1.82) is 0 Å². The summed E-state index contributed by atoms with van der Waals surface area (Å²) in [7, 11) is 3.15. The summed E-state index contributed by atoms with van der Waals surface area (Å²) in [5.41, 5.74) is 1.04. The number of rotatable bonds is 5. The SMILES string of the molecule is COC1=C(C)CCC=CCCC[C@@H]2C[C@@](C3CSC(=O)N3Cc3ccc(OC)cc3)(CCO2)OC1=O. The molecule has 2 saturated heterocycles. The zero-order valence-electron chi connectivity index (χ0n) is 21.5. The van der Waals surface area contributed by atoms with E-state index in [9.17, 15) is 9.59 Å². The van der Waals surface area contributed by atoms with E-state index in [-0.39, 0.29) is 23.1 Å². The lowest BCUT2D eigenvalue weighted by atomic mass is 9.81. The monoisotopic (exact) mass is 515 g/mol. The largest absolute Gasteiger partial charge is 0.497 e. The van der Waals surface area contributed by atoms with Crippen LogP contribution >= 0.6 is 11.8 Å². The zero-order valence-corrected chi connectivity index (χ0v) is 22.3. The van der Waals surface area contributed by atoms with Gasteiger partial charge in [-0.3, -0.25) is 4.79 Å². The third kappa shape index (κ3) is 6.09. The van der Waals surface area contributed by atoms with Crippen LogP contribution in [0.4, 0.5) is 4.79 Å². The highest BCUT2D eigenvalue weighted by atomic mass is 32.2. The molecule has 2 bridgehead atoms. The lowest BCUT2D eigenvalue weighted by Crippen LogP contribution is -2.58. The van der Waals surface area contributed by atoms with Crippen molar-refractivity contribution in [3.8, 4) is 5.75 Å². The summed E-state index contributed by atoms with van der Waals surface area (Å²) in [6, 6.07) is 7.49. The number of thioether (sulfide) groups is 1. The molecule has 7 nitrogen and oxygen atoms in total. The number of hydrogen-bond acceptors (Lipinski definition) is 7. The van der Waals surface area contributed by atoms with Crippen LogP contribution in [0, 0.1) is 0 Å². The number of nitrogens with zero attached hydrogens (tertiary/aromatic N) is 1. The molecule has 0 saturated carbocycles. The Bertz CT molecular complexity index is 990. The van der Waals surface area contributed by atoms with Gasteiger partial charge in [-0.25, -0.2) is 4.79 Å². The summed E-state index contributed by atoms with van der Waals surface area (Å²) in [5, 5.41) is 0.00696. The van der Waals surface area contributed by atoms with Crippen molar-refractivity contribution in [2.24, 2.45) is 0 Å². The van der Waals surface area contributed by atoms with Gasteiger partial charge < -0.3 is 23.8 Å². The first-order valence-electron chi connectivity index (χ1n) is 12.8. The minimum absolute atomic E-state index is 0.00696. The van der Waals surface area contributed by atoms with Crippen molar-refractivity contribution >= 4 is 23.0 Å². The van der Waals surface area contributed by atoms with Crippen LogP contribution in [0.2, 0.25) is 0 Å². The Kier molecular flexibility index (Phi) is 9.01. The van der Waals surface area contributed by atoms with Crippen LogP contribution in [0.25, 0.3) is 0 Å². The average molecular weight is 516 g/mol. The molecule has 0 aromatic heterocycles. The maximum absolute atomic E-state index is 13.5. The fourth-order valence-electron chi connectivity index (χ4n) is 5.36. The molecule has 1 aromatic carbocycles. The van der Waals surface area contributed by atoms with Gasteiger partial charge in [-0.2, -0.15) is 0 Å². The van der Waals surface area contributed by atoms with Gasteiger partial charge in [-0.15, -0.1) is 0 Å². The second-order valence-electron chi connectivity index (χ2n) is 9.72. The molecule has 1 amide bonds. The normalized spacial score (nSPS) is 28.0. The molecule has 3 aliphatic heterocycles. The molecule has 1 unspecified atom stereocenters. The summed E-state index contributed by atoms with van der Waals surface area (Å²) < 4.78 is 23.4. The molecular formula is C28H37NO6S. The highest BCUT2D eigenvalue weighted by Gasteiger charge is 2.53. The summed E-state index contributed by atoms with van der Waals surface area (Å²) in [6.07, 6.45) is 9.94. The highest BCUT2D eigenvalue weighted by Crippen LogP contribution is 2.42. The summed E-state index contributed by atoms with van der Waals surface area (Å²) >= 11 is 1.29. The van der Waals surface area contributed by atoms with Crippen molar-refractivity contribution in [1.82, 2.24) is 4.90 Å². The van der Waals surface area contributed by atoms with E-state index in [1.165, 1.54) is 18.9 Å². The predicted octanol–water partition coefficient (Wildman–Crippen LogP) is 5.63. The van der Waals surface area contributed by atoms with Crippen LogP contribution in [0.15, 0.2) is 47.7 Å². The minimum Gasteiger partial charge on any atom is -0.497 e. The smallest absolute Gasteiger partial charge is 0.374 e. The molecule has 36 heavy (non-hydrogen) atoms. The van der Waals surface area contributed by atoms with Crippen LogP contribution < -0.4 is 4.74 Å². The van der Waals surface area contributed by atoms with Gasteiger partial charge in [0.05, 0.1) is 33.0 Å². The van der Waals surface area contributed by atoms with Crippen LogP contribution in [0.5, 0.6) is 5.75 Å². The van der Waals surface area contributed by atoms with E-state index < -0.39 is 11.6 Å². The van der Waals surface area contributed by atoms with E-state index in [1.54, 1.807) is 7.11 Å². The number of carbonyl (C=O) groups is 2. The van der Waals surface area contributed by atoms with Crippen LogP contribution in [-0.4, -0.2) is 60.4 Å². The first-order chi connectivity index (χ1) is 17.5. The van der Waals surface area contributed by atoms with E-state index in [4.69, 9.17) is 18.9 Å². The first-order valence-corrected chi connectivity index (χ1v) is 13.7. The van der Waals surface area contributed by atoms with E-state index in [1.807, 2.05) is 36.1 Å². The molecule has 0 N–H and O–H groups in total.